The number of hydrogen-bond donors (Lipinski definition) is 1. The van der Waals surface area contributed by atoms with E-state index in [-0.39, 0.29) is 5.91 Å². The smallest absolute Gasteiger partial charge is 0.257 e. The number of pyridine rings is 3. The number of amides is 1. The lowest BCUT2D eigenvalue weighted by Gasteiger charge is -2.27. The van der Waals surface area contributed by atoms with Gasteiger partial charge in [-0.05, 0) is 29.7 Å². The van der Waals surface area contributed by atoms with E-state index in [9.17, 15) is 4.79 Å². The zero-order valence-electron chi connectivity index (χ0n) is 16.9. The summed E-state index contributed by atoms with van der Waals surface area (Å²) in [7, 11) is 1.80. The minimum Gasteiger partial charge on any atom is -0.378 e. The number of nitrogens with zero attached hydrogens (tertiary/aromatic N) is 7. The van der Waals surface area contributed by atoms with Gasteiger partial charge in [0.25, 0.3) is 5.91 Å². The molecule has 0 saturated carbocycles. The molecule has 0 bridgehead atoms. The second kappa shape index (κ2) is 8.07. The Bertz CT molecular complexity index is 1250. The Morgan fingerprint density at radius 3 is 2.68 bits per heavy atom. The van der Waals surface area contributed by atoms with Crippen LogP contribution in [0, 0.1) is 0 Å². The predicted octanol–water partition coefficient (Wildman–Crippen LogP) is 1.91. The summed E-state index contributed by atoms with van der Waals surface area (Å²) in [4.78, 5) is 28.1. The molecule has 1 amide bonds. The number of nitrogens with one attached hydrogen (secondary N) is 1. The van der Waals surface area contributed by atoms with Gasteiger partial charge in [0, 0.05) is 49.7 Å². The molecule has 0 radical (unpaired) electrons. The molecule has 4 aromatic heterocycles. The van der Waals surface area contributed by atoms with Crippen molar-refractivity contribution in [2.75, 3.05) is 36.5 Å². The van der Waals surface area contributed by atoms with Crippen LogP contribution in [0.1, 0.15) is 10.4 Å². The van der Waals surface area contributed by atoms with E-state index in [1.54, 1.807) is 48.6 Å². The van der Waals surface area contributed by atoms with Gasteiger partial charge in [-0.25, -0.2) is 9.97 Å². The van der Waals surface area contributed by atoms with Gasteiger partial charge in [-0.3, -0.25) is 14.5 Å². The Balaban J connectivity index is 1.37. The number of carbonyl (C=O) groups is 1. The van der Waals surface area contributed by atoms with E-state index in [4.69, 9.17) is 4.74 Å². The van der Waals surface area contributed by atoms with Gasteiger partial charge < -0.3 is 15.0 Å². The van der Waals surface area contributed by atoms with Crippen molar-refractivity contribution in [2.24, 2.45) is 7.05 Å². The van der Waals surface area contributed by atoms with Crippen molar-refractivity contribution in [3.8, 4) is 11.4 Å². The standard InChI is InChI=1S/C21H20N8O2/c1-28-13-18(26-27-28)17-8-15-9-19(24-12-16(15)11-23-17)25-21(30)14-2-3-22-20(10-14)29-4-6-31-7-5-29/h2-3,8-13H,4-7H2,1H3,(H,24,25,30). The first-order valence-electron chi connectivity index (χ1n) is 9.88. The van der Waals surface area contributed by atoms with Gasteiger partial charge in [-0.2, -0.15) is 0 Å². The summed E-state index contributed by atoms with van der Waals surface area (Å²) in [6.45, 7) is 2.83. The molecular weight excluding hydrogens is 396 g/mol. The van der Waals surface area contributed by atoms with E-state index in [1.165, 1.54) is 0 Å². The maximum atomic E-state index is 12.8. The highest BCUT2D eigenvalue weighted by molar-refractivity contribution is 6.05. The number of rotatable bonds is 4. The van der Waals surface area contributed by atoms with Gasteiger partial charge in [-0.1, -0.05) is 5.21 Å². The summed E-state index contributed by atoms with van der Waals surface area (Å²) in [5, 5.41) is 12.7. The third kappa shape index (κ3) is 4.05. The molecule has 5 heterocycles. The summed E-state index contributed by atoms with van der Waals surface area (Å²) in [5.41, 5.74) is 1.90. The Hall–Kier alpha value is -3.92. The number of morpholine rings is 1. The number of fused-ring (bicyclic) bond motifs is 1. The number of hydrogen-bond acceptors (Lipinski definition) is 8. The van der Waals surface area contributed by atoms with E-state index < -0.39 is 0 Å². The summed E-state index contributed by atoms with van der Waals surface area (Å²) < 4.78 is 7.01. The third-order valence-corrected chi connectivity index (χ3v) is 5.05. The second-order valence-electron chi connectivity index (χ2n) is 7.22. The maximum Gasteiger partial charge on any atom is 0.257 e. The van der Waals surface area contributed by atoms with Crippen molar-refractivity contribution < 1.29 is 9.53 Å². The van der Waals surface area contributed by atoms with Crippen LogP contribution in [0.25, 0.3) is 22.2 Å². The molecule has 0 atom stereocenters. The van der Waals surface area contributed by atoms with Gasteiger partial charge in [0.15, 0.2) is 0 Å². The Labute approximate surface area is 177 Å². The fourth-order valence-corrected chi connectivity index (χ4v) is 3.42. The van der Waals surface area contributed by atoms with Crippen LogP contribution in [0.2, 0.25) is 0 Å². The van der Waals surface area contributed by atoms with E-state index in [1.807, 2.05) is 12.1 Å². The number of anilines is 2. The molecule has 5 rings (SSSR count). The van der Waals surface area contributed by atoms with Crippen LogP contribution >= 0.6 is 0 Å². The molecule has 1 N–H and O–H groups in total. The molecule has 1 aliphatic rings. The molecule has 1 fully saturated rings. The molecule has 10 nitrogen and oxygen atoms in total. The summed E-state index contributed by atoms with van der Waals surface area (Å²) in [5.74, 6) is 0.979. The number of aryl methyl sites for hydroxylation is 1. The molecule has 156 valence electrons. The third-order valence-electron chi connectivity index (χ3n) is 5.05. The fourth-order valence-electron chi connectivity index (χ4n) is 3.42. The lowest BCUT2D eigenvalue weighted by atomic mass is 10.1. The first-order valence-corrected chi connectivity index (χ1v) is 9.88. The quantitative estimate of drug-likeness (QED) is 0.537. The van der Waals surface area contributed by atoms with Crippen LogP contribution < -0.4 is 10.2 Å². The SMILES string of the molecule is Cn1cc(-c2cc3cc(NC(=O)c4ccnc(N5CCOCC5)c4)ncc3cn2)nn1. The largest absolute Gasteiger partial charge is 0.378 e. The van der Waals surface area contributed by atoms with E-state index in [0.29, 0.717) is 36.0 Å². The monoisotopic (exact) mass is 416 g/mol. The van der Waals surface area contributed by atoms with Crippen LogP contribution in [-0.4, -0.2) is 62.2 Å². The van der Waals surface area contributed by atoms with Gasteiger partial charge in [-0.15, -0.1) is 5.10 Å². The van der Waals surface area contributed by atoms with Crippen LogP contribution in [0.5, 0.6) is 0 Å². The topological polar surface area (TPSA) is 111 Å². The van der Waals surface area contributed by atoms with E-state index in [0.717, 1.165) is 29.7 Å². The predicted molar refractivity (Wildman–Crippen MR) is 115 cm³/mol. The molecular formula is C21H20N8O2. The van der Waals surface area contributed by atoms with Crippen molar-refractivity contribution in [1.82, 2.24) is 29.9 Å². The second-order valence-corrected chi connectivity index (χ2v) is 7.22. The van der Waals surface area contributed by atoms with Crippen molar-refractivity contribution in [3.63, 3.8) is 0 Å². The van der Waals surface area contributed by atoms with Gasteiger partial charge in [0.1, 0.15) is 17.3 Å². The van der Waals surface area contributed by atoms with Crippen LogP contribution in [-0.2, 0) is 11.8 Å². The highest BCUT2D eigenvalue weighted by atomic mass is 16.5. The fraction of sp³-hybridized carbons (Fsp3) is 0.238. The van der Waals surface area contributed by atoms with Crippen molar-refractivity contribution in [1.29, 1.82) is 0 Å². The minimum absolute atomic E-state index is 0.244. The molecule has 4 aromatic rings. The van der Waals surface area contributed by atoms with Gasteiger partial charge >= 0.3 is 0 Å². The van der Waals surface area contributed by atoms with E-state index >= 15 is 0 Å². The molecule has 0 aliphatic carbocycles. The van der Waals surface area contributed by atoms with E-state index in [2.05, 4.69) is 35.5 Å². The lowest BCUT2D eigenvalue weighted by molar-refractivity contribution is 0.102. The van der Waals surface area contributed by atoms with Gasteiger partial charge in [0.05, 0.1) is 25.1 Å². The highest BCUT2D eigenvalue weighted by Crippen LogP contribution is 2.22. The normalized spacial score (nSPS) is 14.0. The molecule has 0 unspecified atom stereocenters. The Morgan fingerprint density at radius 1 is 1.03 bits per heavy atom. The molecule has 0 spiro atoms. The average Bonchev–Trinajstić information content (AvgIpc) is 3.25. The van der Waals surface area contributed by atoms with Crippen molar-refractivity contribution in [2.45, 2.75) is 0 Å². The first-order chi connectivity index (χ1) is 15.2. The Morgan fingerprint density at radius 2 is 1.87 bits per heavy atom. The lowest BCUT2D eigenvalue weighted by Crippen LogP contribution is -2.36. The summed E-state index contributed by atoms with van der Waals surface area (Å²) in [6.07, 6.45) is 6.86. The molecule has 10 heteroatoms. The first kappa shape index (κ1) is 19.1. The number of ether oxygens (including phenoxy) is 1. The number of carbonyl (C=O) groups excluding carboxylic acids is 1. The van der Waals surface area contributed by atoms with Crippen molar-refractivity contribution >= 4 is 28.3 Å². The molecule has 31 heavy (non-hydrogen) atoms. The van der Waals surface area contributed by atoms with Crippen LogP contribution in [0.15, 0.2) is 49.1 Å². The van der Waals surface area contributed by atoms with Crippen LogP contribution in [0.3, 0.4) is 0 Å². The van der Waals surface area contributed by atoms with Crippen molar-refractivity contribution in [3.05, 3.63) is 54.6 Å². The zero-order chi connectivity index (χ0) is 21.2. The van der Waals surface area contributed by atoms with Gasteiger partial charge in [0.2, 0.25) is 0 Å². The minimum atomic E-state index is -0.244. The highest BCUT2D eigenvalue weighted by Gasteiger charge is 2.15. The Kier molecular flexibility index (Phi) is 4.97. The summed E-state index contributed by atoms with van der Waals surface area (Å²) >= 11 is 0. The maximum absolute atomic E-state index is 12.8. The molecule has 0 aromatic carbocycles. The molecule has 1 aliphatic heterocycles. The summed E-state index contributed by atoms with van der Waals surface area (Å²) in [6, 6.07) is 7.20. The number of aromatic nitrogens is 6. The molecule has 1 saturated heterocycles. The van der Waals surface area contributed by atoms with Crippen LogP contribution in [0.4, 0.5) is 11.6 Å². The zero-order valence-corrected chi connectivity index (χ0v) is 16.9. The average molecular weight is 416 g/mol.